The van der Waals surface area contributed by atoms with E-state index in [1.165, 1.54) is 11.8 Å². The molecule has 5 nitrogen and oxygen atoms in total. The van der Waals surface area contributed by atoms with Crippen LogP contribution >= 0.6 is 11.8 Å². The van der Waals surface area contributed by atoms with Crippen molar-refractivity contribution < 1.29 is 4.79 Å². The highest BCUT2D eigenvalue weighted by Crippen LogP contribution is 2.33. The molecule has 0 aromatic carbocycles. The SMILES string of the molecule is C=CCN1C(=O)/C(=C\c2cccn2C)S/C1=N/c1cccc(C)n1. The maximum atomic E-state index is 12.7. The van der Waals surface area contributed by atoms with E-state index in [4.69, 9.17) is 0 Å². The highest BCUT2D eigenvalue weighted by atomic mass is 32.2. The Kier molecular flexibility index (Phi) is 4.66. The van der Waals surface area contributed by atoms with E-state index in [1.54, 1.807) is 11.0 Å². The largest absolute Gasteiger partial charge is 0.351 e. The lowest BCUT2D eigenvalue weighted by Gasteiger charge is -2.12. The molecule has 0 unspecified atom stereocenters. The molecule has 6 heteroatoms. The second-order valence-corrected chi connectivity index (χ2v) is 6.40. The summed E-state index contributed by atoms with van der Waals surface area (Å²) in [6, 6.07) is 9.57. The predicted octanol–water partition coefficient (Wildman–Crippen LogP) is 3.52. The Morgan fingerprint density at radius 2 is 2.17 bits per heavy atom. The molecule has 0 bridgehead atoms. The average Bonchev–Trinajstić information content (AvgIpc) is 3.07. The summed E-state index contributed by atoms with van der Waals surface area (Å²) >= 11 is 1.36. The summed E-state index contributed by atoms with van der Waals surface area (Å²) in [6.07, 6.45) is 5.53. The molecule has 0 radical (unpaired) electrons. The molecule has 24 heavy (non-hydrogen) atoms. The Balaban J connectivity index is 1.97. The average molecular weight is 338 g/mol. The molecule has 1 amide bonds. The highest BCUT2D eigenvalue weighted by Gasteiger charge is 2.32. The number of amidine groups is 1. The number of rotatable bonds is 4. The number of hydrogen-bond donors (Lipinski definition) is 0. The number of pyridine rings is 1. The van der Waals surface area contributed by atoms with Crippen molar-refractivity contribution >= 4 is 34.7 Å². The molecule has 2 aromatic heterocycles. The van der Waals surface area contributed by atoms with Gasteiger partial charge in [-0.2, -0.15) is 0 Å². The predicted molar refractivity (Wildman–Crippen MR) is 99.0 cm³/mol. The third-order valence-electron chi connectivity index (χ3n) is 3.55. The minimum absolute atomic E-state index is 0.0625. The molecule has 0 saturated carbocycles. The van der Waals surface area contributed by atoms with Gasteiger partial charge in [0.25, 0.3) is 5.91 Å². The van der Waals surface area contributed by atoms with Gasteiger partial charge in [0.2, 0.25) is 0 Å². The molecule has 0 spiro atoms. The van der Waals surface area contributed by atoms with Crippen LogP contribution in [0.25, 0.3) is 6.08 Å². The van der Waals surface area contributed by atoms with Crippen LogP contribution < -0.4 is 0 Å². The van der Waals surface area contributed by atoms with Gasteiger partial charge in [0.05, 0.1) is 4.91 Å². The normalized spacial score (nSPS) is 17.9. The van der Waals surface area contributed by atoms with Crippen LogP contribution in [0.5, 0.6) is 0 Å². The van der Waals surface area contributed by atoms with Crippen molar-refractivity contribution in [2.75, 3.05) is 6.54 Å². The van der Waals surface area contributed by atoms with Crippen molar-refractivity contribution in [3.63, 3.8) is 0 Å². The van der Waals surface area contributed by atoms with Gasteiger partial charge in [-0.15, -0.1) is 6.58 Å². The molecule has 0 atom stereocenters. The number of aromatic nitrogens is 2. The Bertz CT molecular complexity index is 850. The summed E-state index contributed by atoms with van der Waals surface area (Å²) in [7, 11) is 1.95. The summed E-state index contributed by atoms with van der Waals surface area (Å²) in [6.45, 7) is 6.06. The van der Waals surface area contributed by atoms with Crippen LogP contribution in [-0.2, 0) is 11.8 Å². The zero-order chi connectivity index (χ0) is 17.1. The monoisotopic (exact) mass is 338 g/mol. The summed E-state index contributed by atoms with van der Waals surface area (Å²) in [5.74, 6) is 0.534. The molecule has 3 heterocycles. The third kappa shape index (κ3) is 3.33. The number of amides is 1. The highest BCUT2D eigenvalue weighted by molar-refractivity contribution is 8.18. The number of carbonyl (C=O) groups excluding carboxylic acids is 1. The molecular formula is C18H18N4OS. The summed E-state index contributed by atoms with van der Waals surface area (Å²) in [4.78, 5) is 23.9. The Morgan fingerprint density at radius 3 is 2.83 bits per heavy atom. The maximum Gasteiger partial charge on any atom is 0.267 e. The summed E-state index contributed by atoms with van der Waals surface area (Å²) in [5.41, 5.74) is 1.86. The Morgan fingerprint density at radius 1 is 1.33 bits per heavy atom. The molecule has 0 N–H and O–H groups in total. The molecule has 1 saturated heterocycles. The third-order valence-corrected chi connectivity index (χ3v) is 4.55. The van der Waals surface area contributed by atoms with Crippen molar-refractivity contribution in [3.8, 4) is 0 Å². The Hall–Kier alpha value is -2.60. The molecule has 2 aromatic rings. The van der Waals surface area contributed by atoms with Crippen LogP contribution in [-0.4, -0.2) is 32.1 Å². The van der Waals surface area contributed by atoms with Crippen LogP contribution in [0.2, 0.25) is 0 Å². The molecular weight excluding hydrogens is 320 g/mol. The fourth-order valence-electron chi connectivity index (χ4n) is 2.33. The lowest BCUT2D eigenvalue weighted by atomic mass is 10.3. The molecule has 0 aliphatic carbocycles. The summed E-state index contributed by atoms with van der Waals surface area (Å²) in [5, 5.41) is 0.624. The zero-order valence-electron chi connectivity index (χ0n) is 13.6. The van der Waals surface area contributed by atoms with Gasteiger partial charge < -0.3 is 4.57 Å². The number of thioether (sulfide) groups is 1. The quantitative estimate of drug-likeness (QED) is 0.633. The van der Waals surface area contributed by atoms with E-state index in [1.807, 2.05) is 61.1 Å². The first-order chi connectivity index (χ1) is 11.6. The lowest BCUT2D eigenvalue weighted by molar-refractivity contribution is -0.121. The number of aliphatic imine (C=N–C) groups is 1. The first kappa shape index (κ1) is 16.3. The topological polar surface area (TPSA) is 50.5 Å². The molecule has 1 aliphatic heterocycles. The Labute approximate surface area is 145 Å². The number of carbonyl (C=O) groups is 1. The van der Waals surface area contributed by atoms with Crippen LogP contribution in [0.4, 0.5) is 5.82 Å². The molecule has 3 rings (SSSR count). The van der Waals surface area contributed by atoms with Gasteiger partial charge in [-0.3, -0.25) is 9.69 Å². The van der Waals surface area contributed by atoms with Gasteiger partial charge in [0.1, 0.15) is 0 Å². The molecule has 1 aliphatic rings. The maximum absolute atomic E-state index is 12.7. The lowest BCUT2D eigenvalue weighted by Crippen LogP contribution is -2.29. The fraction of sp³-hybridized carbons (Fsp3) is 0.167. The van der Waals surface area contributed by atoms with Gasteiger partial charge >= 0.3 is 0 Å². The van der Waals surface area contributed by atoms with Crippen molar-refractivity contribution in [2.24, 2.45) is 12.0 Å². The zero-order valence-corrected chi connectivity index (χ0v) is 14.5. The van der Waals surface area contributed by atoms with Crippen LogP contribution in [0.15, 0.2) is 59.1 Å². The second kappa shape index (κ2) is 6.88. The van der Waals surface area contributed by atoms with Gasteiger partial charge in [-0.05, 0) is 49.0 Å². The minimum atomic E-state index is -0.0625. The first-order valence-corrected chi connectivity index (χ1v) is 8.36. The minimum Gasteiger partial charge on any atom is -0.351 e. The van der Waals surface area contributed by atoms with Gasteiger partial charge in [0, 0.05) is 31.2 Å². The van der Waals surface area contributed by atoms with Crippen LogP contribution in [0, 0.1) is 6.92 Å². The number of hydrogen-bond acceptors (Lipinski definition) is 4. The van der Waals surface area contributed by atoms with Crippen LogP contribution in [0.1, 0.15) is 11.4 Å². The van der Waals surface area contributed by atoms with Gasteiger partial charge in [0.15, 0.2) is 11.0 Å². The summed E-state index contributed by atoms with van der Waals surface area (Å²) < 4.78 is 1.97. The first-order valence-electron chi connectivity index (χ1n) is 7.54. The van der Waals surface area contributed by atoms with E-state index < -0.39 is 0 Å². The fourth-order valence-corrected chi connectivity index (χ4v) is 3.31. The van der Waals surface area contributed by atoms with E-state index in [0.717, 1.165) is 11.4 Å². The van der Waals surface area contributed by atoms with E-state index in [9.17, 15) is 4.79 Å². The standard InChI is InChI=1S/C18H18N4OS/c1-4-10-22-17(23)15(12-14-8-6-11-21(14)3)24-18(22)20-16-9-5-7-13(2)19-16/h4-9,11-12H,1,10H2,2-3H3/b15-12+,20-18+. The van der Waals surface area contributed by atoms with Crippen molar-refractivity contribution in [1.29, 1.82) is 0 Å². The van der Waals surface area contributed by atoms with E-state index in [0.29, 0.717) is 22.4 Å². The van der Waals surface area contributed by atoms with Crippen molar-refractivity contribution in [1.82, 2.24) is 14.5 Å². The van der Waals surface area contributed by atoms with E-state index in [2.05, 4.69) is 16.6 Å². The van der Waals surface area contributed by atoms with Gasteiger partial charge in [-0.1, -0.05) is 12.1 Å². The molecule has 122 valence electrons. The number of aryl methyl sites for hydroxylation is 2. The van der Waals surface area contributed by atoms with E-state index in [-0.39, 0.29) is 5.91 Å². The smallest absolute Gasteiger partial charge is 0.267 e. The number of nitrogens with zero attached hydrogens (tertiary/aromatic N) is 4. The molecule has 1 fully saturated rings. The van der Waals surface area contributed by atoms with Crippen LogP contribution in [0.3, 0.4) is 0 Å². The second-order valence-electron chi connectivity index (χ2n) is 5.39. The van der Waals surface area contributed by atoms with E-state index >= 15 is 0 Å². The van der Waals surface area contributed by atoms with Crippen molar-refractivity contribution in [2.45, 2.75) is 6.92 Å². The van der Waals surface area contributed by atoms with Crippen molar-refractivity contribution in [3.05, 3.63) is 65.5 Å². The van der Waals surface area contributed by atoms with Gasteiger partial charge in [-0.25, -0.2) is 9.98 Å².